The van der Waals surface area contributed by atoms with Gasteiger partial charge in [-0.1, -0.05) is 112 Å². The number of allylic oxidation sites excluding steroid dienone is 10. The summed E-state index contributed by atoms with van der Waals surface area (Å²) in [7, 11) is -4.42. The number of esters is 2. The van der Waals surface area contributed by atoms with Crippen LogP contribution >= 0.6 is 7.82 Å². The molecule has 1 heterocycles. The van der Waals surface area contributed by atoms with Crippen molar-refractivity contribution in [2.75, 3.05) is 26.4 Å². The number of furan rings is 1. The Labute approximate surface area is 342 Å². The summed E-state index contributed by atoms with van der Waals surface area (Å²) in [5.74, 6) is 1.21. The molecule has 0 fully saturated rings. The number of aliphatic hydroxyl groups is 1. The Morgan fingerprint density at radius 1 is 0.754 bits per heavy atom. The van der Waals surface area contributed by atoms with Crippen LogP contribution in [0.1, 0.15) is 133 Å². The van der Waals surface area contributed by atoms with Gasteiger partial charge in [0, 0.05) is 32.2 Å². The van der Waals surface area contributed by atoms with Gasteiger partial charge in [-0.05, 0) is 82.8 Å². The van der Waals surface area contributed by atoms with Gasteiger partial charge in [0.25, 0.3) is 0 Å². The molecule has 1 rings (SSSR count). The molecular formula is C45H72NO10P. The highest BCUT2D eigenvalue weighted by molar-refractivity contribution is 7.47. The van der Waals surface area contributed by atoms with Crippen molar-refractivity contribution in [2.24, 2.45) is 5.73 Å². The largest absolute Gasteiger partial charge is 0.472 e. The molecule has 4 N–H and O–H groups in total. The number of hydrogen-bond acceptors (Lipinski definition) is 10. The molecule has 322 valence electrons. The van der Waals surface area contributed by atoms with Crippen molar-refractivity contribution < 1.29 is 47.1 Å². The van der Waals surface area contributed by atoms with Gasteiger partial charge in [-0.2, -0.15) is 0 Å². The summed E-state index contributed by atoms with van der Waals surface area (Å²) >= 11 is 0. The van der Waals surface area contributed by atoms with E-state index in [-0.39, 0.29) is 32.6 Å². The lowest BCUT2D eigenvalue weighted by Gasteiger charge is -2.19. The summed E-state index contributed by atoms with van der Waals surface area (Å²) in [6.07, 6.45) is 35.6. The van der Waals surface area contributed by atoms with Gasteiger partial charge in [-0.25, -0.2) is 4.57 Å². The zero-order valence-corrected chi connectivity index (χ0v) is 36.0. The third-order valence-electron chi connectivity index (χ3n) is 8.87. The fraction of sp³-hybridized carbons (Fsp3) is 0.600. The molecule has 11 nitrogen and oxygen atoms in total. The Hall–Kier alpha value is -3.31. The number of carbonyl (C=O) groups excluding carboxylic acids is 2. The fourth-order valence-corrected chi connectivity index (χ4v) is 6.32. The van der Waals surface area contributed by atoms with Crippen molar-refractivity contribution in [2.45, 2.75) is 149 Å². The monoisotopic (exact) mass is 817 g/mol. The van der Waals surface area contributed by atoms with Gasteiger partial charge in [0.1, 0.15) is 18.1 Å². The summed E-state index contributed by atoms with van der Waals surface area (Å²) in [5, 5.41) is 9.99. The van der Waals surface area contributed by atoms with Crippen LogP contribution in [0.4, 0.5) is 0 Å². The van der Waals surface area contributed by atoms with Crippen LogP contribution in [0.25, 0.3) is 0 Å². The van der Waals surface area contributed by atoms with Crippen LogP contribution in [-0.2, 0) is 45.5 Å². The molecular weight excluding hydrogens is 745 g/mol. The van der Waals surface area contributed by atoms with Crippen LogP contribution in [0.5, 0.6) is 0 Å². The maximum absolute atomic E-state index is 12.6. The molecule has 1 aromatic heterocycles. The van der Waals surface area contributed by atoms with Crippen LogP contribution in [0.3, 0.4) is 0 Å². The van der Waals surface area contributed by atoms with Gasteiger partial charge in [-0.15, -0.1) is 0 Å². The number of phosphoric acid groups is 1. The van der Waals surface area contributed by atoms with E-state index in [0.29, 0.717) is 25.7 Å². The highest BCUT2D eigenvalue weighted by atomic mass is 31.2. The zero-order chi connectivity index (χ0) is 42.0. The van der Waals surface area contributed by atoms with E-state index in [4.69, 9.17) is 28.7 Å². The topological polar surface area (TPSA) is 168 Å². The number of aryl methyl sites for hydroxylation is 2. The van der Waals surface area contributed by atoms with E-state index in [1.54, 1.807) is 6.08 Å². The van der Waals surface area contributed by atoms with Crippen molar-refractivity contribution in [1.82, 2.24) is 0 Å². The molecule has 1 aromatic rings. The Morgan fingerprint density at radius 2 is 1.39 bits per heavy atom. The van der Waals surface area contributed by atoms with Crippen LogP contribution < -0.4 is 5.73 Å². The van der Waals surface area contributed by atoms with E-state index in [2.05, 4.69) is 45.9 Å². The molecule has 3 atom stereocenters. The molecule has 0 aliphatic heterocycles. The first kappa shape index (κ1) is 51.7. The molecule has 0 aliphatic rings. The molecule has 0 saturated heterocycles. The van der Waals surface area contributed by atoms with E-state index in [1.165, 1.54) is 11.1 Å². The average molecular weight is 818 g/mol. The van der Waals surface area contributed by atoms with E-state index in [0.717, 1.165) is 82.1 Å². The van der Waals surface area contributed by atoms with E-state index < -0.39 is 38.6 Å². The third kappa shape index (κ3) is 27.9. The summed E-state index contributed by atoms with van der Waals surface area (Å²) in [6.45, 7) is 7.56. The molecule has 0 amide bonds. The first-order valence-electron chi connectivity index (χ1n) is 20.9. The predicted molar refractivity (Wildman–Crippen MR) is 229 cm³/mol. The number of hydrogen-bond donors (Lipinski definition) is 3. The summed E-state index contributed by atoms with van der Waals surface area (Å²) < 4.78 is 38.8. The minimum atomic E-state index is -4.42. The Morgan fingerprint density at radius 3 is 2.09 bits per heavy atom. The highest BCUT2D eigenvalue weighted by Crippen LogP contribution is 2.43. The molecule has 12 heteroatoms. The summed E-state index contributed by atoms with van der Waals surface area (Å²) in [4.78, 5) is 34.9. The van der Waals surface area contributed by atoms with Crippen molar-refractivity contribution in [3.63, 3.8) is 0 Å². The SMILES string of the molecule is CC/C=C\C/C=C\CC(O)/C=C/C=C\C/C=C\C/C=C\CCC(=O)OC[C@H](COP(=O)(O)OCCN)OC(=O)CCCCCCCCc1oc(CCC)c(C)c1C. The zero-order valence-electron chi connectivity index (χ0n) is 35.1. The molecule has 0 spiro atoms. The van der Waals surface area contributed by atoms with E-state index in [1.807, 2.05) is 48.6 Å². The second-order valence-electron chi connectivity index (χ2n) is 13.9. The first-order chi connectivity index (χ1) is 27.5. The smallest absolute Gasteiger partial charge is 0.466 e. The molecule has 0 bridgehead atoms. The van der Waals surface area contributed by atoms with E-state index >= 15 is 0 Å². The van der Waals surface area contributed by atoms with Gasteiger partial charge in [0.05, 0.1) is 19.3 Å². The normalized spacial score (nSPS) is 14.6. The molecule has 57 heavy (non-hydrogen) atoms. The van der Waals surface area contributed by atoms with Crippen molar-refractivity contribution in [3.8, 4) is 0 Å². The number of ether oxygens (including phenoxy) is 2. The van der Waals surface area contributed by atoms with Gasteiger partial charge in [-0.3, -0.25) is 18.6 Å². The third-order valence-corrected chi connectivity index (χ3v) is 9.86. The van der Waals surface area contributed by atoms with E-state index in [9.17, 15) is 24.2 Å². The molecule has 2 unspecified atom stereocenters. The lowest BCUT2D eigenvalue weighted by molar-refractivity contribution is -0.161. The van der Waals surface area contributed by atoms with Crippen molar-refractivity contribution in [1.29, 1.82) is 0 Å². The molecule has 0 aromatic carbocycles. The molecule has 0 radical (unpaired) electrons. The number of rotatable bonds is 34. The Bertz CT molecular complexity index is 1460. The maximum atomic E-state index is 12.6. The average Bonchev–Trinajstić information content (AvgIpc) is 3.45. The van der Waals surface area contributed by atoms with Crippen molar-refractivity contribution >= 4 is 19.8 Å². The number of carbonyl (C=O) groups is 2. The van der Waals surface area contributed by atoms with Gasteiger partial charge < -0.3 is 29.6 Å². The van der Waals surface area contributed by atoms with Gasteiger partial charge >= 0.3 is 19.8 Å². The minimum absolute atomic E-state index is 0.0240. The molecule has 0 saturated carbocycles. The highest BCUT2D eigenvalue weighted by Gasteiger charge is 2.26. The van der Waals surface area contributed by atoms with Crippen LogP contribution in [0, 0.1) is 13.8 Å². The lowest BCUT2D eigenvalue weighted by atomic mass is 10.0. The fourth-order valence-electron chi connectivity index (χ4n) is 5.55. The first-order valence-corrected chi connectivity index (χ1v) is 22.4. The number of aliphatic hydroxyl groups excluding tert-OH is 1. The second kappa shape index (κ2) is 33.6. The Kier molecular flexibility index (Phi) is 30.5. The molecule has 0 aliphatic carbocycles. The Balaban J connectivity index is 2.36. The minimum Gasteiger partial charge on any atom is -0.466 e. The maximum Gasteiger partial charge on any atom is 0.472 e. The number of unbranched alkanes of at least 4 members (excludes halogenated alkanes) is 5. The second-order valence-corrected chi connectivity index (χ2v) is 15.4. The summed E-state index contributed by atoms with van der Waals surface area (Å²) in [6, 6.07) is 0. The van der Waals surface area contributed by atoms with Crippen LogP contribution in [-0.4, -0.2) is 60.5 Å². The van der Waals surface area contributed by atoms with Gasteiger partial charge in [0.2, 0.25) is 0 Å². The lowest BCUT2D eigenvalue weighted by Crippen LogP contribution is -2.29. The van der Waals surface area contributed by atoms with Crippen LogP contribution in [0.2, 0.25) is 0 Å². The van der Waals surface area contributed by atoms with Crippen molar-refractivity contribution in [3.05, 3.63) is 95.6 Å². The summed E-state index contributed by atoms with van der Waals surface area (Å²) in [5.41, 5.74) is 7.89. The van der Waals surface area contributed by atoms with Gasteiger partial charge in [0.15, 0.2) is 6.10 Å². The quantitative estimate of drug-likeness (QED) is 0.0199. The predicted octanol–water partition coefficient (Wildman–Crippen LogP) is 10.1. The number of phosphoric ester groups is 1. The standard InChI is InChI=1S/C45H72NO10P/c1-5-7-8-9-18-23-29-40(47)30-24-19-14-12-10-11-13-15-21-26-32-44(48)52-36-41(37-54-57(50,51)53-35-34-46)55-45(49)33-27-22-17-16-20-25-31-43-39(4)38(3)42(56-43)28-6-2/h7-8,10-11,14-15,18-19,21,23-24,30,40-41,47H,5-6,9,12-13,16-17,20,22,25-29,31-37,46H2,1-4H3,(H,50,51)/b8-7-,11-10-,19-14-,21-15-,23-18-,30-24+/t40?,41-/m1/s1. The number of nitrogens with two attached hydrogens (primary N) is 1. The van der Waals surface area contributed by atoms with Crippen LogP contribution in [0.15, 0.2) is 77.3 Å².